The van der Waals surface area contributed by atoms with E-state index in [0.717, 1.165) is 13.0 Å². The van der Waals surface area contributed by atoms with E-state index in [1.54, 1.807) is 6.92 Å². The molecule has 4 heteroatoms. The number of ether oxygens (including phenoxy) is 1. The van der Waals surface area contributed by atoms with Crippen LogP contribution in [0.3, 0.4) is 0 Å². The monoisotopic (exact) mass is 214 g/mol. The maximum Gasteiger partial charge on any atom is 0.324 e. The Hall–Kier alpha value is -0.610. The van der Waals surface area contributed by atoms with Crippen LogP contribution in [-0.4, -0.2) is 42.6 Å². The van der Waals surface area contributed by atoms with Gasteiger partial charge in [0.2, 0.25) is 0 Å². The molecule has 0 saturated heterocycles. The maximum absolute atomic E-state index is 11.4. The van der Waals surface area contributed by atoms with Crippen molar-refractivity contribution in [3.05, 3.63) is 0 Å². The number of rotatable bonds is 7. The molecule has 1 aliphatic rings. The molecule has 1 aliphatic carbocycles. The number of carbonyl (C=O) groups is 1. The standard InChI is InChI=1S/C11H22N2O2/c1-3-7-13(9-5-6-9)8-10(12)11(14)15-4-2/h9-10H,3-8,12H2,1-2H3. The highest BCUT2D eigenvalue weighted by atomic mass is 16.5. The minimum absolute atomic E-state index is 0.278. The molecule has 0 aliphatic heterocycles. The number of nitrogens with two attached hydrogens (primary N) is 1. The van der Waals surface area contributed by atoms with Crippen LogP contribution in [0.2, 0.25) is 0 Å². The second-order valence-corrected chi connectivity index (χ2v) is 4.08. The summed E-state index contributed by atoms with van der Waals surface area (Å²) in [5.74, 6) is -0.278. The molecule has 2 N–H and O–H groups in total. The summed E-state index contributed by atoms with van der Waals surface area (Å²) in [7, 11) is 0. The first-order valence-electron chi connectivity index (χ1n) is 5.85. The zero-order valence-corrected chi connectivity index (χ0v) is 9.74. The molecule has 1 unspecified atom stereocenters. The van der Waals surface area contributed by atoms with E-state index in [4.69, 9.17) is 10.5 Å². The third kappa shape index (κ3) is 4.18. The minimum atomic E-state index is -0.489. The molecule has 15 heavy (non-hydrogen) atoms. The molecule has 0 aromatic carbocycles. The lowest BCUT2D eigenvalue weighted by atomic mass is 10.2. The highest BCUT2D eigenvalue weighted by Gasteiger charge is 2.30. The van der Waals surface area contributed by atoms with E-state index in [2.05, 4.69) is 11.8 Å². The third-order valence-electron chi connectivity index (χ3n) is 2.59. The van der Waals surface area contributed by atoms with E-state index in [0.29, 0.717) is 19.2 Å². The number of esters is 1. The molecule has 0 bridgehead atoms. The van der Waals surface area contributed by atoms with E-state index < -0.39 is 6.04 Å². The van der Waals surface area contributed by atoms with Crippen molar-refractivity contribution in [2.75, 3.05) is 19.7 Å². The Morgan fingerprint density at radius 2 is 2.20 bits per heavy atom. The van der Waals surface area contributed by atoms with Crippen LogP contribution >= 0.6 is 0 Å². The molecule has 0 spiro atoms. The SMILES string of the molecule is CCCN(CC(N)C(=O)OCC)C1CC1. The lowest BCUT2D eigenvalue weighted by Gasteiger charge is -2.23. The molecule has 0 amide bonds. The summed E-state index contributed by atoms with van der Waals surface area (Å²) in [6.45, 7) is 6.01. The van der Waals surface area contributed by atoms with Gasteiger partial charge >= 0.3 is 5.97 Å². The fourth-order valence-electron chi connectivity index (χ4n) is 1.73. The van der Waals surface area contributed by atoms with Gasteiger partial charge in [-0.05, 0) is 32.7 Å². The molecule has 1 atom stereocenters. The van der Waals surface area contributed by atoms with Crippen LogP contribution in [0, 0.1) is 0 Å². The Morgan fingerprint density at radius 3 is 2.67 bits per heavy atom. The van der Waals surface area contributed by atoms with Crippen LogP contribution in [0.25, 0.3) is 0 Å². The average molecular weight is 214 g/mol. The lowest BCUT2D eigenvalue weighted by molar-refractivity contribution is -0.145. The largest absolute Gasteiger partial charge is 0.465 e. The quantitative estimate of drug-likeness (QED) is 0.635. The van der Waals surface area contributed by atoms with Gasteiger partial charge in [0.05, 0.1) is 6.61 Å². The Kier molecular flexibility index (Phi) is 5.05. The minimum Gasteiger partial charge on any atom is -0.465 e. The first-order chi connectivity index (χ1) is 7.19. The fraction of sp³-hybridized carbons (Fsp3) is 0.909. The number of hydrogen-bond acceptors (Lipinski definition) is 4. The molecular formula is C11H22N2O2. The normalized spacial score (nSPS) is 17.9. The molecule has 0 radical (unpaired) electrons. The van der Waals surface area contributed by atoms with Crippen molar-refractivity contribution in [2.45, 2.75) is 45.2 Å². The Labute approximate surface area is 91.8 Å². The third-order valence-corrected chi connectivity index (χ3v) is 2.59. The zero-order valence-electron chi connectivity index (χ0n) is 9.74. The average Bonchev–Trinajstić information content (AvgIpc) is 3.00. The van der Waals surface area contributed by atoms with Gasteiger partial charge in [-0.15, -0.1) is 0 Å². The van der Waals surface area contributed by atoms with Gasteiger partial charge in [0, 0.05) is 12.6 Å². The van der Waals surface area contributed by atoms with Crippen molar-refractivity contribution >= 4 is 5.97 Å². The first kappa shape index (κ1) is 12.5. The highest BCUT2D eigenvalue weighted by Crippen LogP contribution is 2.26. The van der Waals surface area contributed by atoms with E-state index in [1.807, 2.05) is 0 Å². The van der Waals surface area contributed by atoms with Gasteiger partial charge in [0.15, 0.2) is 0 Å². The number of hydrogen-bond donors (Lipinski definition) is 1. The predicted molar refractivity (Wildman–Crippen MR) is 59.5 cm³/mol. The van der Waals surface area contributed by atoms with Crippen molar-refractivity contribution in [1.82, 2.24) is 4.90 Å². The van der Waals surface area contributed by atoms with Crippen LogP contribution < -0.4 is 5.73 Å². The summed E-state index contributed by atoms with van der Waals surface area (Å²) in [5, 5.41) is 0. The second-order valence-electron chi connectivity index (χ2n) is 4.08. The summed E-state index contributed by atoms with van der Waals surface area (Å²) < 4.78 is 4.89. The first-order valence-corrected chi connectivity index (χ1v) is 5.85. The summed E-state index contributed by atoms with van der Waals surface area (Å²) in [4.78, 5) is 13.7. The van der Waals surface area contributed by atoms with Gasteiger partial charge in [-0.1, -0.05) is 6.92 Å². The fourth-order valence-corrected chi connectivity index (χ4v) is 1.73. The smallest absolute Gasteiger partial charge is 0.324 e. The van der Waals surface area contributed by atoms with Crippen LogP contribution in [0.5, 0.6) is 0 Å². The maximum atomic E-state index is 11.4. The van der Waals surface area contributed by atoms with E-state index >= 15 is 0 Å². The van der Waals surface area contributed by atoms with Crippen LogP contribution in [0.15, 0.2) is 0 Å². The molecule has 4 nitrogen and oxygen atoms in total. The van der Waals surface area contributed by atoms with Gasteiger partial charge < -0.3 is 10.5 Å². The molecule has 1 fully saturated rings. The topological polar surface area (TPSA) is 55.6 Å². The summed E-state index contributed by atoms with van der Waals surface area (Å²) in [6.07, 6.45) is 3.59. The van der Waals surface area contributed by atoms with Crippen LogP contribution in [0.1, 0.15) is 33.1 Å². The Morgan fingerprint density at radius 1 is 1.53 bits per heavy atom. The molecular weight excluding hydrogens is 192 g/mol. The summed E-state index contributed by atoms with van der Waals surface area (Å²) in [5.41, 5.74) is 5.78. The van der Waals surface area contributed by atoms with Crippen molar-refractivity contribution in [3.63, 3.8) is 0 Å². The van der Waals surface area contributed by atoms with Crippen molar-refractivity contribution in [3.8, 4) is 0 Å². The van der Waals surface area contributed by atoms with Crippen LogP contribution in [0.4, 0.5) is 0 Å². The van der Waals surface area contributed by atoms with Gasteiger partial charge in [-0.3, -0.25) is 9.69 Å². The Bertz CT molecular complexity index is 205. The highest BCUT2D eigenvalue weighted by molar-refractivity contribution is 5.75. The number of carbonyl (C=O) groups excluding carboxylic acids is 1. The van der Waals surface area contributed by atoms with Crippen LogP contribution in [-0.2, 0) is 9.53 Å². The summed E-state index contributed by atoms with van der Waals surface area (Å²) >= 11 is 0. The van der Waals surface area contributed by atoms with Crippen molar-refractivity contribution < 1.29 is 9.53 Å². The summed E-state index contributed by atoms with van der Waals surface area (Å²) in [6, 6.07) is 0.169. The molecule has 1 rings (SSSR count). The Balaban J connectivity index is 2.32. The lowest BCUT2D eigenvalue weighted by Crippen LogP contribution is -2.44. The molecule has 0 heterocycles. The molecule has 0 aromatic heterocycles. The van der Waals surface area contributed by atoms with Gasteiger partial charge in [-0.25, -0.2) is 0 Å². The van der Waals surface area contributed by atoms with E-state index in [-0.39, 0.29) is 5.97 Å². The molecule has 1 saturated carbocycles. The molecule has 0 aromatic rings. The number of nitrogens with zero attached hydrogens (tertiary/aromatic N) is 1. The van der Waals surface area contributed by atoms with E-state index in [1.165, 1.54) is 12.8 Å². The predicted octanol–water partition coefficient (Wildman–Crippen LogP) is 0.751. The van der Waals surface area contributed by atoms with Gasteiger partial charge in [0.25, 0.3) is 0 Å². The van der Waals surface area contributed by atoms with E-state index in [9.17, 15) is 4.79 Å². The van der Waals surface area contributed by atoms with Gasteiger partial charge in [0.1, 0.15) is 6.04 Å². The van der Waals surface area contributed by atoms with Crippen molar-refractivity contribution in [1.29, 1.82) is 0 Å². The zero-order chi connectivity index (χ0) is 11.3. The van der Waals surface area contributed by atoms with Gasteiger partial charge in [-0.2, -0.15) is 0 Å². The second kappa shape index (κ2) is 6.08. The molecule has 88 valence electrons. The van der Waals surface area contributed by atoms with Crippen molar-refractivity contribution in [2.24, 2.45) is 5.73 Å².